The van der Waals surface area contributed by atoms with Gasteiger partial charge in [0.1, 0.15) is 0 Å². The van der Waals surface area contributed by atoms with Crippen LogP contribution < -0.4 is 5.32 Å². The van der Waals surface area contributed by atoms with Gasteiger partial charge in [-0.15, -0.1) is 0 Å². The molecule has 0 heterocycles. The van der Waals surface area contributed by atoms with E-state index in [4.69, 9.17) is 4.74 Å². The zero-order chi connectivity index (χ0) is 50.0. The Balaban J connectivity index is 3.35. The summed E-state index contributed by atoms with van der Waals surface area (Å²) in [5.74, 6) is -0.0598. The van der Waals surface area contributed by atoms with Crippen molar-refractivity contribution in [3.63, 3.8) is 0 Å². The van der Waals surface area contributed by atoms with Crippen molar-refractivity contribution in [2.45, 2.75) is 341 Å². The third-order valence-electron chi connectivity index (χ3n) is 14.2. The lowest BCUT2D eigenvalue weighted by atomic mass is 10.0. The maximum Gasteiger partial charge on any atom is 0.305 e. The highest BCUT2D eigenvalue weighted by Crippen LogP contribution is 2.17. The molecular formula is C63H119NO5. The number of amides is 1. The van der Waals surface area contributed by atoms with Crippen molar-refractivity contribution in [3.05, 3.63) is 36.5 Å². The van der Waals surface area contributed by atoms with Gasteiger partial charge in [-0.25, -0.2) is 0 Å². The molecule has 0 radical (unpaired) electrons. The maximum atomic E-state index is 12.4. The van der Waals surface area contributed by atoms with Crippen molar-refractivity contribution in [1.29, 1.82) is 0 Å². The maximum absolute atomic E-state index is 12.4. The molecule has 69 heavy (non-hydrogen) atoms. The number of hydrogen-bond donors (Lipinski definition) is 3. The van der Waals surface area contributed by atoms with Gasteiger partial charge in [0.25, 0.3) is 0 Å². The summed E-state index contributed by atoms with van der Waals surface area (Å²) in [6.45, 7) is 4.87. The van der Waals surface area contributed by atoms with E-state index in [0.29, 0.717) is 19.4 Å². The topological polar surface area (TPSA) is 95.9 Å². The minimum atomic E-state index is -0.841. The van der Waals surface area contributed by atoms with E-state index in [-0.39, 0.29) is 18.5 Å². The van der Waals surface area contributed by atoms with Crippen LogP contribution in [0.5, 0.6) is 0 Å². The number of allylic oxidation sites excluding steroid dienone is 5. The lowest BCUT2D eigenvalue weighted by Crippen LogP contribution is -2.45. The van der Waals surface area contributed by atoms with E-state index in [0.717, 1.165) is 51.4 Å². The number of unbranched alkanes of at least 4 members (excludes halogenated alkanes) is 42. The molecule has 6 nitrogen and oxygen atoms in total. The Morgan fingerprint density at radius 3 is 1.13 bits per heavy atom. The van der Waals surface area contributed by atoms with Crippen molar-refractivity contribution >= 4 is 11.9 Å². The summed E-state index contributed by atoms with van der Waals surface area (Å²) in [7, 11) is 0. The normalized spacial score (nSPS) is 12.8. The minimum Gasteiger partial charge on any atom is -0.466 e. The first-order valence-corrected chi connectivity index (χ1v) is 30.8. The number of esters is 1. The molecule has 0 aromatic heterocycles. The van der Waals surface area contributed by atoms with E-state index >= 15 is 0 Å². The highest BCUT2D eigenvalue weighted by atomic mass is 16.5. The number of nitrogens with one attached hydrogen (secondary N) is 1. The third-order valence-corrected chi connectivity index (χ3v) is 14.2. The Hall–Kier alpha value is -1.92. The van der Waals surface area contributed by atoms with Crippen LogP contribution in [0.2, 0.25) is 0 Å². The second-order valence-electron chi connectivity index (χ2n) is 21.0. The lowest BCUT2D eigenvalue weighted by molar-refractivity contribution is -0.143. The Morgan fingerprint density at radius 2 is 0.725 bits per heavy atom. The van der Waals surface area contributed by atoms with Crippen LogP contribution in [-0.2, 0) is 14.3 Å². The molecule has 0 aliphatic carbocycles. The number of hydrogen-bond acceptors (Lipinski definition) is 5. The molecular weight excluding hydrogens is 851 g/mol. The number of aliphatic hydroxyl groups excluding tert-OH is 2. The SMILES string of the molecule is CCCCC/C=C\C/C=C\CCCCCCCCCC(=O)OCCCCCCCCCCCCCCCCCCCCCCCCCCCC(=O)NC(CO)C(O)/C=C/CCCCCCCCCC. The molecule has 406 valence electrons. The first kappa shape index (κ1) is 67.1. The fraction of sp³-hybridized carbons (Fsp3) is 0.873. The molecule has 0 aromatic carbocycles. The van der Waals surface area contributed by atoms with E-state index in [2.05, 4.69) is 43.5 Å². The van der Waals surface area contributed by atoms with E-state index in [1.807, 2.05) is 6.08 Å². The number of rotatable bonds is 57. The van der Waals surface area contributed by atoms with Crippen LogP contribution in [0.25, 0.3) is 0 Å². The van der Waals surface area contributed by atoms with Gasteiger partial charge in [0.15, 0.2) is 0 Å². The van der Waals surface area contributed by atoms with Gasteiger partial charge in [-0.1, -0.05) is 288 Å². The molecule has 0 aliphatic rings. The summed E-state index contributed by atoms with van der Waals surface area (Å²) in [4.78, 5) is 24.5. The van der Waals surface area contributed by atoms with Crippen LogP contribution in [0, 0.1) is 0 Å². The zero-order valence-electron chi connectivity index (χ0n) is 46.3. The van der Waals surface area contributed by atoms with Crippen molar-refractivity contribution < 1.29 is 24.5 Å². The van der Waals surface area contributed by atoms with Crippen LogP contribution in [0.4, 0.5) is 0 Å². The summed E-state index contributed by atoms with van der Waals surface area (Å²) >= 11 is 0. The molecule has 0 rings (SSSR count). The molecule has 1 amide bonds. The first-order chi connectivity index (χ1) is 34.0. The Morgan fingerprint density at radius 1 is 0.406 bits per heavy atom. The molecule has 3 N–H and O–H groups in total. The number of carbonyl (C=O) groups excluding carboxylic acids is 2. The van der Waals surface area contributed by atoms with Gasteiger partial charge >= 0.3 is 5.97 Å². The highest BCUT2D eigenvalue weighted by Gasteiger charge is 2.18. The average Bonchev–Trinajstić information content (AvgIpc) is 3.35. The molecule has 2 unspecified atom stereocenters. The minimum absolute atomic E-state index is 0.00800. The van der Waals surface area contributed by atoms with Gasteiger partial charge < -0.3 is 20.3 Å². The smallest absolute Gasteiger partial charge is 0.305 e. The van der Waals surface area contributed by atoms with E-state index in [1.165, 1.54) is 250 Å². The van der Waals surface area contributed by atoms with Crippen molar-refractivity contribution in [3.8, 4) is 0 Å². The molecule has 0 aliphatic heterocycles. The van der Waals surface area contributed by atoms with E-state index < -0.39 is 12.1 Å². The van der Waals surface area contributed by atoms with Gasteiger partial charge in [0.05, 0.1) is 25.4 Å². The van der Waals surface area contributed by atoms with Gasteiger partial charge in [-0.05, 0) is 64.2 Å². The van der Waals surface area contributed by atoms with Crippen LogP contribution >= 0.6 is 0 Å². The monoisotopic (exact) mass is 970 g/mol. The predicted molar refractivity (Wildman–Crippen MR) is 301 cm³/mol. The van der Waals surface area contributed by atoms with Crippen molar-refractivity contribution in [2.75, 3.05) is 13.2 Å². The van der Waals surface area contributed by atoms with Crippen molar-refractivity contribution in [1.82, 2.24) is 5.32 Å². The second kappa shape index (κ2) is 58.6. The number of ether oxygens (including phenoxy) is 1. The first-order valence-electron chi connectivity index (χ1n) is 30.8. The van der Waals surface area contributed by atoms with E-state index in [1.54, 1.807) is 6.08 Å². The van der Waals surface area contributed by atoms with E-state index in [9.17, 15) is 19.8 Å². The van der Waals surface area contributed by atoms with Crippen LogP contribution in [0.3, 0.4) is 0 Å². The summed E-state index contributed by atoms with van der Waals surface area (Å²) in [6.07, 6.45) is 73.4. The predicted octanol–water partition coefficient (Wildman–Crippen LogP) is 19.2. The fourth-order valence-corrected chi connectivity index (χ4v) is 9.43. The van der Waals surface area contributed by atoms with Crippen LogP contribution in [0.15, 0.2) is 36.5 Å². The Labute approximate surface area is 430 Å². The highest BCUT2D eigenvalue weighted by molar-refractivity contribution is 5.76. The molecule has 6 heteroatoms. The molecule has 2 atom stereocenters. The summed E-state index contributed by atoms with van der Waals surface area (Å²) in [5.41, 5.74) is 0. The zero-order valence-corrected chi connectivity index (χ0v) is 46.3. The molecule has 0 aromatic rings. The largest absolute Gasteiger partial charge is 0.466 e. The quantitative estimate of drug-likeness (QED) is 0.0321. The van der Waals surface area contributed by atoms with Gasteiger partial charge in [-0.2, -0.15) is 0 Å². The molecule has 0 saturated heterocycles. The fourth-order valence-electron chi connectivity index (χ4n) is 9.43. The van der Waals surface area contributed by atoms with Crippen molar-refractivity contribution in [2.24, 2.45) is 0 Å². The molecule has 0 saturated carbocycles. The average molecular weight is 971 g/mol. The third kappa shape index (κ3) is 55.2. The molecule has 0 fully saturated rings. The standard InChI is InChI=1S/C63H119NO5/c1-3-5-7-9-11-13-15-16-17-27-31-34-37-41-45-49-53-57-63(68)69-58-54-50-46-42-38-35-32-29-26-24-22-20-18-19-21-23-25-28-30-33-36-40-44-48-52-56-62(67)64-60(59-65)61(66)55-51-47-43-39-14-12-10-8-6-4-2/h11,13,16-17,51,55,60-61,65-66H,3-10,12,14-15,18-50,52-54,56-59H2,1-2H3,(H,64,67)/b13-11-,17-16-,55-51+. The van der Waals surface area contributed by atoms with Crippen LogP contribution in [0.1, 0.15) is 328 Å². The molecule has 0 spiro atoms. The summed E-state index contributed by atoms with van der Waals surface area (Å²) < 4.78 is 5.49. The van der Waals surface area contributed by atoms with Gasteiger partial charge in [0.2, 0.25) is 5.91 Å². The number of aliphatic hydroxyl groups is 2. The Kier molecular flexibility index (Phi) is 57.0. The second-order valence-corrected chi connectivity index (χ2v) is 21.0. The molecule has 0 bridgehead atoms. The number of carbonyl (C=O) groups is 2. The van der Waals surface area contributed by atoms with Crippen LogP contribution in [-0.4, -0.2) is 47.4 Å². The summed E-state index contributed by atoms with van der Waals surface area (Å²) in [6, 6.07) is -0.625. The summed E-state index contributed by atoms with van der Waals surface area (Å²) in [5, 5.41) is 23.0. The van der Waals surface area contributed by atoms with Gasteiger partial charge in [-0.3, -0.25) is 9.59 Å². The van der Waals surface area contributed by atoms with Gasteiger partial charge in [0, 0.05) is 12.8 Å². The Bertz CT molecular complexity index is 1120. The lowest BCUT2D eigenvalue weighted by Gasteiger charge is -2.20.